The summed E-state index contributed by atoms with van der Waals surface area (Å²) in [7, 11) is 1.55. The van der Waals surface area contributed by atoms with Crippen LogP contribution in [-0.2, 0) is 9.53 Å². The lowest BCUT2D eigenvalue weighted by Crippen LogP contribution is -2.33. The van der Waals surface area contributed by atoms with E-state index in [1.165, 1.54) is 16.2 Å². The van der Waals surface area contributed by atoms with Crippen LogP contribution in [0.1, 0.15) is 26.8 Å². The van der Waals surface area contributed by atoms with Gasteiger partial charge in [-0.05, 0) is 23.9 Å². The number of ether oxygens (including phenoxy) is 1. The Labute approximate surface area is 150 Å². The van der Waals surface area contributed by atoms with E-state index >= 15 is 0 Å². The first-order valence-corrected chi connectivity index (χ1v) is 8.80. The van der Waals surface area contributed by atoms with Gasteiger partial charge in [-0.2, -0.15) is 0 Å². The Kier molecular flexibility index (Phi) is 5.01. The van der Waals surface area contributed by atoms with Crippen LogP contribution in [-0.4, -0.2) is 42.0 Å². The molecule has 0 saturated heterocycles. The molecule has 25 heavy (non-hydrogen) atoms. The quantitative estimate of drug-likeness (QED) is 0.806. The van der Waals surface area contributed by atoms with Gasteiger partial charge in [-0.3, -0.25) is 9.59 Å². The molecule has 1 aromatic carbocycles. The van der Waals surface area contributed by atoms with Crippen LogP contribution < -0.4 is 0 Å². The Bertz CT molecular complexity index is 808. The zero-order valence-corrected chi connectivity index (χ0v) is 14.9. The first-order valence-electron chi connectivity index (χ1n) is 7.92. The van der Waals surface area contributed by atoms with Crippen molar-refractivity contribution in [3.8, 4) is 0 Å². The molecule has 0 bridgehead atoms. The van der Waals surface area contributed by atoms with Crippen molar-refractivity contribution < 1.29 is 19.4 Å². The number of benzene rings is 1. The number of hydrogen-bond donors (Lipinski definition) is 1. The number of ketones is 1. The predicted molar refractivity (Wildman–Crippen MR) is 95.8 cm³/mol. The highest BCUT2D eigenvalue weighted by molar-refractivity contribution is 7.12. The summed E-state index contributed by atoms with van der Waals surface area (Å²) in [6.07, 6.45) is 0. The van der Waals surface area contributed by atoms with Gasteiger partial charge < -0.3 is 14.7 Å². The van der Waals surface area contributed by atoms with E-state index < -0.39 is 17.7 Å². The van der Waals surface area contributed by atoms with E-state index in [9.17, 15) is 14.7 Å². The Morgan fingerprint density at radius 1 is 1.28 bits per heavy atom. The van der Waals surface area contributed by atoms with Crippen molar-refractivity contribution >= 4 is 23.0 Å². The second-order valence-corrected chi connectivity index (χ2v) is 6.82. The molecule has 1 aromatic heterocycles. The lowest BCUT2D eigenvalue weighted by molar-refractivity contribution is -0.130. The van der Waals surface area contributed by atoms with E-state index in [2.05, 4.69) is 0 Å². The fourth-order valence-electron chi connectivity index (χ4n) is 2.94. The smallest absolute Gasteiger partial charge is 0.290 e. The van der Waals surface area contributed by atoms with Crippen LogP contribution in [0.25, 0.3) is 0 Å². The van der Waals surface area contributed by atoms with Gasteiger partial charge >= 0.3 is 0 Å². The van der Waals surface area contributed by atoms with Crippen LogP contribution in [0, 0.1) is 6.92 Å². The largest absolute Gasteiger partial charge is 0.503 e. The first-order chi connectivity index (χ1) is 12.0. The Morgan fingerprint density at radius 3 is 2.60 bits per heavy atom. The number of carbonyl (C=O) groups excluding carboxylic acids is 2. The zero-order chi connectivity index (χ0) is 18.0. The molecule has 0 saturated carbocycles. The molecule has 2 aromatic rings. The van der Waals surface area contributed by atoms with E-state index in [-0.39, 0.29) is 11.4 Å². The minimum atomic E-state index is -0.613. The van der Waals surface area contributed by atoms with Crippen LogP contribution in [0.5, 0.6) is 0 Å². The summed E-state index contributed by atoms with van der Waals surface area (Å²) < 4.78 is 5.08. The average molecular weight is 357 g/mol. The van der Waals surface area contributed by atoms with Crippen LogP contribution in [0.3, 0.4) is 0 Å². The van der Waals surface area contributed by atoms with E-state index in [0.717, 1.165) is 11.1 Å². The van der Waals surface area contributed by atoms with Crippen molar-refractivity contribution in [2.24, 2.45) is 0 Å². The third kappa shape index (κ3) is 3.23. The molecule has 5 nitrogen and oxygen atoms in total. The molecule has 0 aliphatic carbocycles. The van der Waals surface area contributed by atoms with Gasteiger partial charge in [0.15, 0.2) is 5.76 Å². The maximum absolute atomic E-state index is 12.9. The molecule has 0 fully saturated rings. The number of aryl methyl sites for hydroxylation is 1. The maximum Gasteiger partial charge on any atom is 0.290 e. The van der Waals surface area contributed by atoms with E-state index in [0.29, 0.717) is 18.0 Å². The molecule has 1 N–H and O–H groups in total. The number of aliphatic hydroxyl groups excluding tert-OH is 1. The molecule has 1 atom stereocenters. The lowest BCUT2D eigenvalue weighted by atomic mass is 9.95. The highest BCUT2D eigenvalue weighted by Crippen LogP contribution is 2.39. The second-order valence-electron chi connectivity index (χ2n) is 5.87. The molecule has 0 spiro atoms. The minimum Gasteiger partial charge on any atom is -0.503 e. The lowest BCUT2D eigenvalue weighted by Gasteiger charge is -2.26. The standard InChI is InChI=1S/C19H19NO4S/c1-12-5-7-13(8-6-12)16-15(17(21)14-4-3-11-25-14)18(22)19(23)20(16)9-10-24-2/h3-8,11,16,22H,9-10H2,1-2H3/t16-/m1/s1. The minimum absolute atomic E-state index is 0.132. The van der Waals surface area contributed by atoms with Crippen molar-refractivity contribution in [2.75, 3.05) is 20.3 Å². The number of aliphatic hydroxyl groups is 1. The average Bonchev–Trinajstić information content (AvgIpc) is 3.22. The third-order valence-electron chi connectivity index (χ3n) is 4.22. The van der Waals surface area contributed by atoms with Crippen molar-refractivity contribution in [3.63, 3.8) is 0 Å². The van der Waals surface area contributed by atoms with Gasteiger partial charge in [0.25, 0.3) is 5.91 Å². The van der Waals surface area contributed by atoms with Crippen molar-refractivity contribution in [3.05, 3.63) is 69.1 Å². The van der Waals surface area contributed by atoms with E-state index in [1.54, 1.807) is 24.6 Å². The molecule has 0 unspecified atom stereocenters. The monoisotopic (exact) mass is 357 g/mol. The van der Waals surface area contributed by atoms with Gasteiger partial charge in [0.1, 0.15) is 0 Å². The fourth-order valence-corrected chi connectivity index (χ4v) is 3.62. The summed E-state index contributed by atoms with van der Waals surface area (Å²) in [6, 6.07) is 10.5. The SMILES string of the molecule is COCCN1C(=O)C(O)=C(C(=O)c2cccs2)[C@H]1c1ccc(C)cc1. The van der Waals surface area contributed by atoms with Crippen LogP contribution in [0.4, 0.5) is 0 Å². The van der Waals surface area contributed by atoms with Crippen LogP contribution >= 0.6 is 11.3 Å². The highest BCUT2D eigenvalue weighted by Gasteiger charge is 2.43. The molecule has 130 valence electrons. The Balaban J connectivity index is 2.06. The van der Waals surface area contributed by atoms with Crippen molar-refractivity contribution in [1.29, 1.82) is 0 Å². The molecule has 1 amide bonds. The number of nitrogens with zero attached hydrogens (tertiary/aromatic N) is 1. The van der Waals surface area contributed by atoms with Crippen molar-refractivity contribution in [2.45, 2.75) is 13.0 Å². The summed E-state index contributed by atoms with van der Waals surface area (Å²) in [5.41, 5.74) is 2.00. The summed E-state index contributed by atoms with van der Waals surface area (Å²) >= 11 is 1.29. The normalized spacial score (nSPS) is 17.4. The Hall–Kier alpha value is -2.44. The predicted octanol–water partition coefficient (Wildman–Crippen LogP) is 3.28. The molecule has 3 rings (SSSR count). The second kappa shape index (κ2) is 7.21. The van der Waals surface area contributed by atoms with E-state index in [4.69, 9.17) is 4.74 Å². The van der Waals surface area contributed by atoms with Gasteiger partial charge in [-0.25, -0.2) is 0 Å². The molecule has 6 heteroatoms. The van der Waals surface area contributed by atoms with Gasteiger partial charge in [-0.15, -0.1) is 11.3 Å². The Morgan fingerprint density at radius 2 is 2.00 bits per heavy atom. The highest BCUT2D eigenvalue weighted by atomic mass is 32.1. The topological polar surface area (TPSA) is 66.8 Å². The molecule has 2 heterocycles. The van der Waals surface area contributed by atoms with Crippen LogP contribution in [0.15, 0.2) is 53.1 Å². The molecule has 0 radical (unpaired) electrons. The molecular formula is C19H19NO4S. The number of hydrogen-bond acceptors (Lipinski definition) is 5. The molecule has 1 aliphatic heterocycles. The number of rotatable bonds is 6. The summed E-state index contributed by atoms with van der Waals surface area (Å²) in [6.45, 7) is 2.58. The number of carbonyl (C=O) groups is 2. The summed E-state index contributed by atoms with van der Waals surface area (Å²) in [5, 5.41) is 12.2. The summed E-state index contributed by atoms with van der Waals surface area (Å²) in [4.78, 5) is 27.5. The van der Waals surface area contributed by atoms with Crippen molar-refractivity contribution in [1.82, 2.24) is 4.90 Å². The van der Waals surface area contributed by atoms with Crippen LogP contribution in [0.2, 0.25) is 0 Å². The molecule has 1 aliphatic rings. The fraction of sp³-hybridized carbons (Fsp3) is 0.263. The number of amides is 1. The number of methoxy groups -OCH3 is 1. The van der Waals surface area contributed by atoms with E-state index in [1.807, 2.05) is 31.2 Å². The number of Topliss-reactive ketones (excluding diaryl/α,β-unsaturated/α-hetero) is 1. The van der Waals surface area contributed by atoms with Gasteiger partial charge in [-0.1, -0.05) is 35.9 Å². The summed E-state index contributed by atoms with van der Waals surface area (Å²) in [5.74, 6) is -1.33. The van der Waals surface area contributed by atoms with Gasteiger partial charge in [0.2, 0.25) is 5.78 Å². The third-order valence-corrected chi connectivity index (χ3v) is 5.09. The zero-order valence-electron chi connectivity index (χ0n) is 14.1. The molecular weight excluding hydrogens is 338 g/mol. The maximum atomic E-state index is 12.9. The van der Waals surface area contributed by atoms with Gasteiger partial charge in [0.05, 0.1) is 23.1 Å². The van der Waals surface area contributed by atoms with Gasteiger partial charge in [0, 0.05) is 13.7 Å². The number of thiophene rings is 1. The first kappa shape index (κ1) is 17.4.